The molecule has 1 aromatic carbocycles. The van der Waals surface area contributed by atoms with Gasteiger partial charge >= 0.3 is 6.01 Å². The Morgan fingerprint density at radius 2 is 2.09 bits per heavy atom. The van der Waals surface area contributed by atoms with Crippen molar-refractivity contribution in [1.82, 2.24) is 19.7 Å². The Bertz CT molecular complexity index is 760. The number of aromatic nitrogens is 4. The van der Waals surface area contributed by atoms with Crippen molar-refractivity contribution >= 4 is 6.01 Å². The maximum Gasteiger partial charge on any atom is 0.322 e. The molecule has 1 atom stereocenters. The topological polar surface area (TPSA) is 68.8 Å². The highest BCUT2D eigenvalue weighted by molar-refractivity contribution is 5.35. The number of imidazole rings is 1. The van der Waals surface area contributed by atoms with Gasteiger partial charge in [0.25, 0.3) is 0 Å². The van der Waals surface area contributed by atoms with Gasteiger partial charge in [-0.1, -0.05) is 35.5 Å². The number of aryl methyl sites for hydroxylation is 1. The van der Waals surface area contributed by atoms with Gasteiger partial charge in [-0.15, -0.1) is 0 Å². The van der Waals surface area contributed by atoms with Crippen molar-refractivity contribution in [2.75, 3.05) is 5.32 Å². The third-order valence-corrected chi connectivity index (χ3v) is 3.90. The van der Waals surface area contributed by atoms with E-state index >= 15 is 0 Å². The largest absolute Gasteiger partial charge is 0.336 e. The zero-order valence-corrected chi connectivity index (χ0v) is 12.3. The molecule has 0 bridgehead atoms. The van der Waals surface area contributed by atoms with Crippen LogP contribution >= 0.6 is 0 Å². The Labute approximate surface area is 128 Å². The Hall–Kier alpha value is -2.63. The van der Waals surface area contributed by atoms with E-state index in [1.807, 2.05) is 36.0 Å². The average molecular weight is 295 g/mol. The molecule has 1 saturated carbocycles. The van der Waals surface area contributed by atoms with Crippen LogP contribution in [0.3, 0.4) is 0 Å². The molecule has 4 rings (SSSR count). The first-order valence-electron chi connectivity index (χ1n) is 7.43. The number of benzene rings is 1. The summed E-state index contributed by atoms with van der Waals surface area (Å²) < 4.78 is 7.34. The second kappa shape index (κ2) is 5.29. The third kappa shape index (κ3) is 2.47. The van der Waals surface area contributed by atoms with Crippen molar-refractivity contribution in [2.45, 2.75) is 24.8 Å². The van der Waals surface area contributed by atoms with E-state index in [1.54, 1.807) is 6.20 Å². The zero-order chi connectivity index (χ0) is 14.9. The van der Waals surface area contributed by atoms with Crippen LogP contribution in [-0.4, -0.2) is 19.7 Å². The lowest BCUT2D eigenvalue weighted by atomic mass is 10.1. The van der Waals surface area contributed by atoms with Gasteiger partial charge in [0.05, 0.1) is 0 Å². The van der Waals surface area contributed by atoms with Gasteiger partial charge in [0.1, 0.15) is 11.9 Å². The Kier molecular flexibility index (Phi) is 3.14. The molecule has 1 aliphatic carbocycles. The molecular weight excluding hydrogens is 278 g/mol. The highest BCUT2D eigenvalue weighted by atomic mass is 16.5. The van der Waals surface area contributed by atoms with Gasteiger partial charge in [0.15, 0.2) is 5.82 Å². The minimum atomic E-state index is -0.131. The van der Waals surface area contributed by atoms with E-state index in [4.69, 9.17) is 4.52 Å². The summed E-state index contributed by atoms with van der Waals surface area (Å²) in [7, 11) is 1.98. The van der Waals surface area contributed by atoms with Crippen LogP contribution < -0.4 is 5.32 Å². The fourth-order valence-electron chi connectivity index (χ4n) is 2.52. The van der Waals surface area contributed by atoms with Crippen LogP contribution in [0.2, 0.25) is 0 Å². The summed E-state index contributed by atoms with van der Waals surface area (Å²) in [5.74, 6) is 2.18. The molecule has 3 aromatic rings. The van der Waals surface area contributed by atoms with Crippen molar-refractivity contribution in [1.29, 1.82) is 0 Å². The monoisotopic (exact) mass is 295 g/mol. The summed E-state index contributed by atoms with van der Waals surface area (Å²) in [6.07, 6.45) is 6.02. The molecule has 1 N–H and O–H groups in total. The van der Waals surface area contributed by atoms with Crippen molar-refractivity contribution in [3.63, 3.8) is 0 Å². The van der Waals surface area contributed by atoms with E-state index in [1.165, 1.54) is 0 Å². The van der Waals surface area contributed by atoms with Gasteiger partial charge in [-0.05, 0) is 18.4 Å². The van der Waals surface area contributed by atoms with Gasteiger partial charge in [0, 0.05) is 25.4 Å². The van der Waals surface area contributed by atoms with Crippen molar-refractivity contribution in [3.05, 3.63) is 59.9 Å². The molecule has 0 spiro atoms. The van der Waals surface area contributed by atoms with E-state index in [0.717, 1.165) is 30.1 Å². The van der Waals surface area contributed by atoms with Crippen molar-refractivity contribution in [3.8, 4) is 0 Å². The molecule has 2 aromatic heterocycles. The summed E-state index contributed by atoms with van der Waals surface area (Å²) in [5, 5.41) is 7.37. The summed E-state index contributed by atoms with van der Waals surface area (Å²) in [6.45, 7) is 0. The van der Waals surface area contributed by atoms with Crippen LogP contribution in [-0.2, 0) is 7.05 Å². The van der Waals surface area contributed by atoms with Crippen LogP contribution in [0.25, 0.3) is 0 Å². The summed E-state index contributed by atoms with van der Waals surface area (Å²) in [6, 6.07) is 10.5. The first kappa shape index (κ1) is 13.1. The zero-order valence-electron chi connectivity index (χ0n) is 12.3. The Balaban J connectivity index is 1.66. The number of hydrogen-bond donors (Lipinski definition) is 1. The highest BCUT2D eigenvalue weighted by Crippen LogP contribution is 2.38. The highest BCUT2D eigenvalue weighted by Gasteiger charge is 2.29. The number of rotatable bonds is 5. The second-order valence-corrected chi connectivity index (χ2v) is 5.62. The molecule has 112 valence electrons. The summed E-state index contributed by atoms with van der Waals surface area (Å²) in [4.78, 5) is 8.90. The van der Waals surface area contributed by atoms with Crippen LogP contribution in [0.5, 0.6) is 0 Å². The predicted octanol–water partition coefficient (Wildman–Crippen LogP) is 2.88. The quantitative estimate of drug-likeness (QED) is 0.784. The fraction of sp³-hybridized carbons (Fsp3) is 0.312. The molecule has 0 aliphatic heterocycles. The molecule has 6 nitrogen and oxygen atoms in total. The van der Waals surface area contributed by atoms with Crippen LogP contribution in [0.15, 0.2) is 47.2 Å². The molecular formula is C16H17N5O. The molecule has 0 amide bonds. The molecule has 6 heteroatoms. The summed E-state index contributed by atoms with van der Waals surface area (Å²) in [5.41, 5.74) is 1.10. The van der Waals surface area contributed by atoms with E-state index in [0.29, 0.717) is 11.9 Å². The van der Waals surface area contributed by atoms with Gasteiger partial charge in [-0.2, -0.15) is 4.98 Å². The van der Waals surface area contributed by atoms with Gasteiger partial charge in [-0.3, -0.25) is 0 Å². The number of anilines is 1. The molecule has 22 heavy (non-hydrogen) atoms. The maximum atomic E-state index is 5.35. The second-order valence-electron chi connectivity index (χ2n) is 5.62. The Morgan fingerprint density at radius 1 is 1.27 bits per heavy atom. The first-order valence-corrected chi connectivity index (χ1v) is 7.43. The minimum Gasteiger partial charge on any atom is -0.336 e. The van der Waals surface area contributed by atoms with Gasteiger partial charge in [0.2, 0.25) is 0 Å². The smallest absolute Gasteiger partial charge is 0.322 e. The van der Waals surface area contributed by atoms with Crippen LogP contribution in [0, 0.1) is 0 Å². The van der Waals surface area contributed by atoms with Crippen molar-refractivity contribution < 1.29 is 4.52 Å². The van der Waals surface area contributed by atoms with E-state index < -0.39 is 0 Å². The SMILES string of the molecule is Cn1ccnc1C(Nc1nc(C2CC2)no1)c1ccccc1. The molecule has 1 aliphatic rings. The number of nitrogens with one attached hydrogen (secondary N) is 1. The Morgan fingerprint density at radius 3 is 2.77 bits per heavy atom. The van der Waals surface area contributed by atoms with E-state index in [2.05, 4.69) is 32.6 Å². The predicted molar refractivity (Wildman–Crippen MR) is 81.4 cm³/mol. The molecule has 2 heterocycles. The van der Waals surface area contributed by atoms with Crippen molar-refractivity contribution in [2.24, 2.45) is 7.05 Å². The van der Waals surface area contributed by atoms with E-state index in [-0.39, 0.29) is 6.04 Å². The van der Waals surface area contributed by atoms with Crippen LogP contribution in [0.4, 0.5) is 6.01 Å². The van der Waals surface area contributed by atoms with Crippen LogP contribution in [0.1, 0.15) is 42.0 Å². The molecule has 1 unspecified atom stereocenters. The molecule has 0 saturated heterocycles. The van der Waals surface area contributed by atoms with E-state index in [9.17, 15) is 0 Å². The van der Waals surface area contributed by atoms with Gasteiger partial charge in [-0.25, -0.2) is 4.98 Å². The molecule has 1 fully saturated rings. The maximum absolute atomic E-state index is 5.35. The minimum absolute atomic E-state index is 0.131. The lowest BCUT2D eigenvalue weighted by Crippen LogP contribution is -2.16. The van der Waals surface area contributed by atoms with Gasteiger partial charge < -0.3 is 14.4 Å². The number of hydrogen-bond acceptors (Lipinski definition) is 5. The lowest BCUT2D eigenvalue weighted by molar-refractivity contribution is 0.420. The molecule has 0 radical (unpaired) electrons. The number of nitrogens with zero attached hydrogens (tertiary/aromatic N) is 4. The summed E-state index contributed by atoms with van der Waals surface area (Å²) >= 11 is 0. The average Bonchev–Trinajstić information content (AvgIpc) is 3.15. The first-order chi connectivity index (χ1) is 10.8. The normalized spacial score (nSPS) is 15.7. The lowest BCUT2D eigenvalue weighted by Gasteiger charge is -2.17. The third-order valence-electron chi connectivity index (χ3n) is 3.90. The fourth-order valence-corrected chi connectivity index (χ4v) is 2.52. The standard InChI is InChI=1S/C16H17N5O/c1-21-10-9-17-15(21)13(11-5-3-2-4-6-11)18-16-19-14(20-22-16)12-7-8-12/h2-6,9-10,12-13H,7-8H2,1H3,(H,18,19,20).